The van der Waals surface area contributed by atoms with Crippen molar-refractivity contribution in [1.29, 1.82) is 0 Å². The van der Waals surface area contributed by atoms with Gasteiger partial charge in [-0.3, -0.25) is 9.59 Å². The van der Waals surface area contributed by atoms with E-state index >= 15 is 0 Å². The second kappa shape index (κ2) is 8.17. The molecule has 0 unspecified atom stereocenters. The molecule has 1 saturated carbocycles. The quantitative estimate of drug-likeness (QED) is 0.511. The first kappa shape index (κ1) is 16.0. The van der Waals surface area contributed by atoms with Crippen molar-refractivity contribution < 1.29 is 14.3 Å². The minimum atomic E-state index is -0.775. The lowest BCUT2D eigenvalue weighted by Crippen LogP contribution is -2.33. The van der Waals surface area contributed by atoms with E-state index in [-0.39, 0.29) is 0 Å². The summed E-state index contributed by atoms with van der Waals surface area (Å²) in [7, 11) is 1.50. The zero-order valence-corrected chi connectivity index (χ0v) is 12.7. The molecule has 2 amide bonds. The third kappa shape index (κ3) is 4.58. The van der Waals surface area contributed by atoms with Crippen LogP contribution in [0.15, 0.2) is 29.4 Å². The summed E-state index contributed by atoms with van der Waals surface area (Å²) in [5.74, 6) is -1.04. The van der Waals surface area contributed by atoms with E-state index in [0.29, 0.717) is 11.4 Å². The summed E-state index contributed by atoms with van der Waals surface area (Å²) in [6, 6.07) is 6.91. The molecule has 0 spiro atoms. The molecule has 1 fully saturated rings. The van der Waals surface area contributed by atoms with Crippen LogP contribution in [0.3, 0.4) is 0 Å². The van der Waals surface area contributed by atoms with E-state index in [9.17, 15) is 9.59 Å². The van der Waals surface area contributed by atoms with Gasteiger partial charge in [-0.1, -0.05) is 25.0 Å². The molecule has 1 aromatic rings. The molecule has 1 aliphatic carbocycles. The van der Waals surface area contributed by atoms with Crippen molar-refractivity contribution in [2.75, 3.05) is 12.4 Å². The average Bonchev–Trinajstić information content (AvgIpc) is 2.81. The van der Waals surface area contributed by atoms with Gasteiger partial charge in [0.25, 0.3) is 0 Å². The van der Waals surface area contributed by atoms with Crippen molar-refractivity contribution in [3.05, 3.63) is 24.3 Å². The predicted octanol–water partition coefficient (Wildman–Crippen LogP) is 2.46. The van der Waals surface area contributed by atoms with Crippen molar-refractivity contribution >= 4 is 23.2 Å². The highest BCUT2D eigenvalue weighted by Gasteiger charge is 2.15. The number of methoxy groups -OCH3 is 1. The highest BCUT2D eigenvalue weighted by Crippen LogP contribution is 2.22. The molecule has 6 nitrogen and oxygen atoms in total. The third-order valence-corrected chi connectivity index (χ3v) is 3.56. The highest BCUT2D eigenvalue weighted by molar-refractivity contribution is 6.39. The van der Waals surface area contributed by atoms with E-state index in [1.165, 1.54) is 20.0 Å². The van der Waals surface area contributed by atoms with Crippen molar-refractivity contribution in [3.8, 4) is 5.75 Å². The first-order valence-electron chi connectivity index (χ1n) is 7.50. The van der Waals surface area contributed by atoms with E-state index in [4.69, 9.17) is 4.74 Å². The summed E-state index contributed by atoms with van der Waals surface area (Å²) >= 11 is 0. The molecule has 0 atom stereocenters. The number of carbonyl (C=O) groups is 2. The number of carbonyl (C=O) groups excluding carboxylic acids is 2. The van der Waals surface area contributed by atoms with Crippen LogP contribution in [0.2, 0.25) is 0 Å². The summed E-state index contributed by atoms with van der Waals surface area (Å²) in [5.41, 5.74) is 3.74. The minimum Gasteiger partial charge on any atom is -0.495 e. The van der Waals surface area contributed by atoms with Crippen molar-refractivity contribution in [2.45, 2.75) is 38.5 Å². The van der Waals surface area contributed by atoms with Crippen LogP contribution in [0.1, 0.15) is 38.5 Å². The summed E-state index contributed by atoms with van der Waals surface area (Å²) < 4.78 is 5.12. The van der Waals surface area contributed by atoms with E-state index < -0.39 is 11.8 Å². The Morgan fingerprint density at radius 2 is 1.73 bits per heavy atom. The maximum Gasteiger partial charge on any atom is 0.329 e. The van der Waals surface area contributed by atoms with Gasteiger partial charge in [-0.2, -0.15) is 5.10 Å². The number of nitrogens with one attached hydrogen (secondary N) is 2. The minimum absolute atomic E-state index is 0.451. The lowest BCUT2D eigenvalue weighted by molar-refractivity contribution is -0.136. The van der Waals surface area contributed by atoms with E-state index in [2.05, 4.69) is 15.8 Å². The highest BCUT2D eigenvalue weighted by atomic mass is 16.5. The zero-order chi connectivity index (χ0) is 15.8. The smallest absolute Gasteiger partial charge is 0.329 e. The van der Waals surface area contributed by atoms with Crippen LogP contribution in [-0.4, -0.2) is 24.6 Å². The van der Waals surface area contributed by atoms with Crippen LogP contribution in [-0.2, 0) is 9.59 Å². The molecule has 0 heterocycles. The number of para-hydroxylation sites is 2. The van der Waals surface area contributed by atoms with Crippen LogP contribution < -0.4 is 15.5 Å². The standard InChI is InChI=1S/C16H21N3O3/c1-22-14-11-7-6-10-13(14)17-15(20)16(21)19-18-12-8-4-2-3-5-9-12/h6-7,10-11H,2-5,8-9H2,1H3,(H,17,20)(H,19,21). The number of benzene rings is 1. The number of rotatable bonds is 3. The largest absolute Gasteiger partial charge is 0.495 e. The first-order valence-corrected chi connectivity index (χ1v) is 7.50. The van der Waals surface area contributed by atoms with Gasteiger partial charge in [-0.05, 0) is 37.8 Å². The molecule has 22 heavy (non-hydrogen) atoms. The SMILES string of the molecule is COc1ccccc1NC(=O)C(=O)NN=C1CCCCCC1. The molecule has 0 bridgehead atoms. The van der Waals surface area contributed by atoms with E-state index in [0.717, 1.165) is 31.4 Å². The van der Waals surface area contributed by atoms with E-state index in [1.54, 1.807) is 24.3 Å². The Hall–Kier alpha value is -2.37. The number of hydrazone groups is 1. The van der Waals surface area contributed by atoms with Crippen LogP contribution in [0.5, 0.6) is 5.75 Å². The van der Waals surface area contributed by atoms with Crippen molar-refractivity contribution in [2.24, 2.45) is 5.10 Å². The molecule has 1 aliphatic rings. The Bertz CT molecular complexity index is 560. The molecular weight excluding hydrogens is 282 g/mol. The number of hydrogen-bond donors (Lipinski definition) is 2. The number of hydrogen-bond acceptors (Lipinski definition) is 4. The molecule has 1 aromatic carbocycles. The fraction of sp³-hybridized carbons (Fsp3) is 0.438. The van der Waals surface area contributed by atoms with Gasteiger partial charge >= 0.3 is 11.8 Å². The van der Waals surface area contributed by atoms with Gasteiger partial charge < -0.3 is 10.1 Å². The molecule has 0 radical (unpaired) electrons. The van der Waals surface area contributed by atoms with Crippen molar-refractivity contribution in [1.82, 2.24) is 5.43 Å². The van der Waals surface area contributed by atoms with Crippen LogP contribution in [0.25, 0.3) is 0 Å². The molecular formula is C16H21N3O3. The zero-order valence-electron chi connectivity index (χ0n) is 12.7. The lowest BCUT2D eigenvalue weighted by atomic mass is 10.2. The van der Waals surface area contributed by atoms with Gasteiger partial charge in [0.05, 0.1) is 12.8 Å². The lowest BCUT2D eigenvalue weighted by Gasteiger charge is -2.09. The van der Waals surface area contributed by atoms with Gasteiger partial charge in [0.15, 0.2) is 0 Å². The Morgan fingerprint density at radius 3 is 2.41 bits per heavy atom. The summed E-state index contributed by atoms with van der Waals surface area (Å²) in [6.45, 7) is 0. The molecule has 2 rings (SSSR count). The van der Waals surface area contributed by atoms with Crippen LogP contribution in [0.4, 0.5) is 5.69 Å². The molecule has 118 valence electrons. The maximum absolute atomic E-state index is 11.9. The Kier molecular flexibility index (Phi) is 5.94. The molecule has 2 N–H and O–H groups in total. The number of nitrogens with zero attached hydrogens (tertiary/aromatic N) is 1. The molecule has 6 heteroatoms. The monoisotopic (exact) mass is 303 g/mol. The molecule has 0 aromatic heterocycles. The summed E-state index contributed by atoms with van der Waals surface area (Å²) in [4.78, 5) is 23.7. The average molecular weight is 303 g/mol. The number of anilines is 1. The normalized spacial score (nSPS) is 14.7. The van der Waals surface area contributed by atoms with Gasteiger partial charge in [-0.15, -0.1) is 0 Å². The Balaban J connectivity index is 1.91. The van der Waals surface area contributed by atoms with Gasteiger partial charge in [0.1, 0.15) is 5.75 Å². The fourth-order valence-corrected chi connectivity index (χ4v) is 2.36. The number of ether oxygens (including phenoxy) is 1. The Labute approximate surface area is 129 Å². The van der Waals surface area contributed by atoms with Crippen molar-refractivity contribution in [3.63, 3.8) is 0 Å². The summed E-state index contributed by atoms with van der Waals surface area (Å²) in [6.07, 6.45) is 6.33. The first-order chi connectivity index (χ1) is 10.7. The van der Waals surface area contributed by atoms with Gasteiger partial charge in [0, 0.05) is 5.71 Å². The van der Waals surface area contributed by atoms with Gasteiger partial charge in [-0.25, -0.2) is 5.43 Å². The Morgan fingerprint density at radius 1 is 1.05 bits per heavy atom. The van der Waals surface area contributed by atoms with Crippen LogP contribution >= 0.6 is 0 Å². The third-order valence-electron chi connectivity index (χ3n) is 3.56. The fourth-order valence-electron chi connectivity index (χ4n) is 2.36. The second-order valence-electron chi connectivity index (χ2n) is 5.19. The van der Waals surface area contributed by atoms with Crippen LogP contribution in [0, 0.1) is 0 Å². The van der Waals surface area contributed by atoms with Gasteiger partial charge in [0.2, 0.25) is 0 Å². The maximum atomic E-state index is 11.9. The molecule has 0 aliphatic heterocycles. The van der Waals surface area contributed by atoms with E-state index in [1.807, 2.05) is 0 Å². The number of amides is 2. The topological polar surface area (TPSA) is 79.8 Å². The summed E-state index contributed by atoms with van der Waals surface area (Å²) in [5, 5.41) is 6.59. The second-order valence-corrected chi connectivity index (χ2v) is 5.19. The predicted molar refractivity (Wildman–Crippen MR) is 84.9 cm³/mol. The molecule has 0 saturated heterocycles.